The van der Waals surface area contributed by atoms with Gasteiger partial charge in [0.2, 0.25) is 0 Å². The van der Waals surface area contributed by atoms with E-state index < -0.39 is 0 Å². The summed E-state index contributed by atoms with van der Waals surface area (Å²) in [4.78, 5) is 0. The molecule has 0 spiro atoms. The molecule has 0 amide bonds. The first-order valence-corrected chi connectivity index (χ1v) is 5.79. The number of aliphatic hydroxyl groups is 1. The first kappa shape index (κ1) is 13.0. The Hall–Kier alpha value is -0.0400. The van der Waals surface area contributed by atoms with E-state index in [0.717, 1.165) is 12.3 Å². The maximum absolute atomic E-state index is 9.58. The molecule has 80 valence electrons. The van der Waals surface area contributed by atoms with Crippen LogP contribution in [0.25, 0.3) is 0 Å². The summed E-state index contributed by atoms with van der Waals surface area (Å²) < 4.78 is 0. The van der Waals surface area contributed by atoms with Gasteiger partial charge in [0.15, 0.2) is 0 Å². The molecule has 0 saturated heterocycles. The summed E-state index contributed by atoms with van der Waals surface area (Å²) >= 11 is 0. The van der Waals surface area contributed by atoms with Crippen LogP contribution in [0.4, 0.5) is 0 Å². The summed E-state index contributed by atoms with van der Waals surface area (Å²) in [6.07, 6.45) is 5.94. The maximum Gasteiger partial charge on any atom is 0.0563 e. The topological polar surface area (TPSA) is 20.2 Å². The SMILES string of the molecule is CCC(CC)CCCC(O)C(C)C. The van der Waals surface area contributed by atoms with Crippen molar-refractivity contribution in [2.75, 3.05) is 0 Å². The van der Waals surface area contributed by atoms with Crippen LogP contribution in [0.2, 0.25) is 0 Å². The van der Waals surface area contributed by atoms with E-state index in [4.69, 9.17) is 0 Å². The molecule has 0 aliphatic heterocycles. The molecular formula is C12H26O. The molecule has 0 fully saturated rings. The van der Waals surface area contributed by atoms with Gasteiger partial charge in [-0.2, -0.15) is 0 Å². The predicted octanol–water partition coefficient (Wildman–Crippen LogP) is 3.61. The Kier molecular flexibility index (Phi) is 7.35. The first-order valence-electron chi connectivity index (χ1n) is 5.79. The van der Waals surface area contributed by atoms with Crippen molar-refractivity contribution in [2.24, 2.45) is 11.8 Å². The van der Waals surface area contributed by atoms with Crippen LogP contribution in [-0.2, 0) is 0 Å². The number of rotatable bonds is 7. The monoisotopic (exact) mass is 186 g/mol. The highest BCUT2D eigenvalue weighted by atomic mass is 16.3. The molecule has 0 heterocycles. The summed E-state index contributed by atoms with van der Waals surface area (Å²) in [6.45, 7) is 8.68. The van der Waals surface area contributed by atoms with E-state index in [0.29, 0.717) is 5.92 Å². The molecule has 1 atom stereocenters. The van der Waals surface area contributed by atoms with Gasteiger partial charge in [0.05, 0.1) is 6.10 Å². The van der Waals surface area contributed by atoms with E-state index in [2.05, 4.69) is 27.7 Å². The quantitative estimate of drug-likeness (QED) is 0.644. The molecule has 1 N–H and O–H groups in total. The van der Waals surface area contributed by atoms with E-state index >= 15 is 0 Å². The highest BCUT2D eigenvalue weighted by molar-refractivity contribution is 4.62. The molecule has 0 aromatic heterocycles. The lowest BCUT2D eigenvalue weighted by Gasteiger charge is -2.16. The van der Waals surface area contributed by atoms with Crippen molar-refractivity contribution >= 4 is 0 Å². The van der Waals surface area contributed by atoms with Crippen molar-refractivity contribution in [1.29, 1.82) is 0 Å². The van der Waals surface area contributed by atoms with Crippen molar-refractivity contribution in [2.45, 2.75) is 65.9 Å². The summed E-state index contributed by atoms with van der Waals surface area (Å²) in [5, 5.41) is 9.58. The summed E-state index contributed by atoms with van der Waals surface area (Å²) in [5.74, 6) is 1.29. The zero-order chi connectivity index (χ0) is 10.3. The molecule has 0 rings (SSSR count). The minimum Gasteiger partial charge on any atom is -0.393 e. The lowest BCUT2D eigenvalue weighted by atomic mass is 9.94. The zero-order valence-electron chi connectivity index (χ0n) is 9.71. The van der Waals surface area contributed by atoms with Crippen LogP contribution in [0.1, 0.15) is 59.8 Å². The lowest BCUT2D eigenvalue weighted by Crippen LogP contribution is -2.14. The van der Waals surface area contributed by atoms with Crippen molar-refractivity contribution in [3.8, 4) is 0 Å². The maximum atomic E-state index is 9.58. The van der Waals surface area contributed by atoms with E-state index in [9.17, 15) is 5.11 Å². The molecule has 1 unspecified atom stereocenters. The molecule has 1 nitrogen and oxygen atoms in total. The lowest BCUT2D eigenvalue weighted by molar-refractivity contribution is 0.111. The number of aliphatic hydroxyl groups excluding tert-OH is 1. The number of hydrogen-bond acceptors (Lipinski definition) is 1. The van der Waals surface area contributed by atoms with Crippen molar-refractivity contribution in [3.63, 3.8) is 0 Å². The van der Waals surface area contributed by atoms with Crippen LogP contribution < -0.4 is 0 Å². The standard InChI is InChI=1S/C12H26O/c1-5-11(6-2)8-7-9-12(13)10(3)4/h10-13H,5-9H2,1-4H3. The molecular weight excluding hydrogens is 160 g/mol. The Labute approximate surface area is 83.5 Å². The molecule has 0 saturated carbocycles. The molecule has 0 aromatic rings. The molecule has 0 aliphatic carbocycles. The van der Waals surface area contributed by atoms with Crippen molar-refractivity contribution < 1.29 is 5.11 Å². The van der Waals surface area contributed by atoms with Gasteiger partial charge in [-0.25, -0.2) is 0 Å². The molecule has 13 heavy (non-hydrogen) atoms. The molecule has 1 heteroatoms. The largest absolute Gasteiger partial charge is 0.393 e. The summed E-state index contributed by atoms with van der Waals surface area (Å²) in [7, 11) is 0. The van der Waals surface area contributed by atoms with Gasteiger partial charge in [-0.1, -0.05) is 53.4 Å². The fourth-order valence-corrected chi connectivity index (χ4v) is 1.65. The van der Waals surface area contributed by atoms with Crippen molar-refractivity contribution in [3.05, 3.63) is 0 Å². The molecule has 0 aromatic carbocycles. The second-order valence-electron chi connectivity index (χ2n) is 4.42. The average molecular weight is 186 g/mol. The Morgan fingerprint density at radius 1 is 1.00 bits per heavy atom. The Morgan fingerprint density at radius 2 is 1.54 bits per heavy atom. The van der Waals surface area contributed by atoms with E-state index in [1.54, 1.807) is 0 Å². The fraction of sp³-hybridized carbons (Fsp3) is 1.00. The van der Waals surface area contributed by atoms with Gasteiger partial charge in [-0.05, 0) is 18.3 Å². The molecule has 0 radical (unpaired) electrons. The van der Waals surface area contributed by atoms with Crippen LogP contribution in [0.3, 0.4) is 0 Å². The third kappa shape index (κ3) is 6.09. The third-order valence-electron chi connectivity index (χ3n) is 3.04. The summed E-state index contributed by atoms with van der Waals surface area (Å²) in [5.41, 5.74) is 0. The predicted molar refractivity (Wildman–Crippen MR) is 58.8 cm³/mol. The Morgan fingerprint density at radius 3 is 1.92 bits per heavy atom. The van der Waals surface area contributed by atoms with Crippen LogP contribution in [-0.4, -0.2) is 11.2 Å². The summed E-state index contributed by atoms with van der Waals surface area (Å²) in [6, 6.07) is 0. The van der Waals surface area contributed by atoms with Gasteiger partial charge in [-0.15, -0.1) is 0 Å². The van der Waals surface area contributed by atoms with Crippen LogP contribution in [0.5, 0.6) is 0 Å². The fourth-order valence-electron chi connectivity index (χ4n) is 1.65. The minimum atomic E-state index is -0.0886. The van der Waals surface area contributed by atoms with Gasteiger partial charge in [0.25, 0.3) is 0 Å². The third-order valence-corrected chi connectivity index (χ3v) is 3.04. The first-order chi connectivity index (χ1) is 6.11. The number of hydrogen-bond donors (Lipinski definition) is 1. The smallest absolute Gasteiger partial charge is 0.0563 e. The van der Waals surface area contributed by atoms with Crippen molar-refractivity contribution in [1.82, 2.24) is 0 Å². The van der Waals surface area contributed by atoms with Gasteiger partial charge in [-0.3, -0.25) is 0 Å². The van der Waals surface area contributed by atoms with Gasteiger partial charge in [0.1, 0.15) is 0 Å². The van der Waals surface area contributed by atoms with E-state index in [1.165, 1.54) is 25.7 Å². The molecule has 0 aliphatic rings. The Bertz CT molecular complexity index is 104. The highest BCUT2D eigenvalue weighted by Gasteiger charge is 2.10. The average Bonchev–Trinajstić information content (AvgIpc) is 2.12. The second kappa shape index (κ2) is 7.37. The zero-order valence-corrected chi connectivity index (χ0v) is 9.71. The minimum absolute atomic E-state index is 0.0886. The van der Waals surface area contributed by atoms with Crippen LogP contribution in [0, 0.1) is 11.8 Å². The highest BCUT2D eigenvalue weighted by Crippen LogP contribution is 2.18. The normalized spacial score (nSPS) is 14.1. The second-order valence-corrected chi connectivity index (χ2v) is 4.42. The van der Waals surface area contributed by atoms with Gasteiger partial charge in [0, 0.05) is 0 Å². The van der Waals surface area contributed by atoms with Crippen LogP contribution >= 0.6 is 0 Å². The Balaban J connectivity index is 3.43. The van der Waals surface area contributed by atoms with E-state index in [-0.39, 0.29) is 6.10 Å². The van der Waals surface area contributed by atoms with Gasteiger partial charge < -0.3 is 5.11 Å². The van der Waals surface area contributed by atoms with E-state index in [1.807, 2.05) is 0 Å². The van der Waals surface area contributed by atoms with Gasteiger partial charge >= 0.3 is 0 Å². The van der Waals surface area contributed by atoms with Crippen LogP contribution in [0.15, 0.2) is 0 Å². The molecule has 0 bridgehead atoms.